The van der Waals surface area contributed by atoms with Crippen molar-refractivity contribution in [1.29, 1.82) is 0 Å². The minimum atomic E-state index is -1.06. The summed E-state index contributed by atoms with van der Waals surface area (Å²) in [5, 5.41) is 2.67. The Morgan fingerprint density at radius 3 is 2.03 bits per heavy atom. The van der Waals surface area contributed by atoms with Crippen molar-refractivity contribution in [2.45, 2.75) is 13.0 Å². The molecule has 0 aliphatic carbocycles. The van der Waals surface area contributed by atoms with E-state index in [-0.39, 0.29) is 16.9 Å². The van der Waals surface area contributed by atoms with Crippen molar-refractivity contribution < 1.29 is 23.9 Å². The van der Waals surface area contributed by atoms with Gasteiger partial charge in [-0.15, -0.1) is 0 Å². The van der Waals surface area contributed by atoms with Crippen molar-refractivity contribution >= 4 is 23.3 Å². The van der Waals surface area contributed by atoms with Crippen molar-refractivity contribution in [3.05, 3.63) is 95.6 Å². The quantitative estimate of drug-likeness (QED) is 0.474. The molecule has 0 heterocycles. The first kappa shape index (κ1) is 20.8. The van der Waals surface area contributed by atoms with Crippen LogP contribution < -0.4 is 10.1 Å². The first-order valence-electron chi connectivity index (χ1n) is 9.34. The topological polar surface area (TPSA) is 81.7 Å². The largest absolute Gasteiger partial charge is 0.497 e. The van der Waals surface area contributed by atoms with Crippen LogP contribution in [0.15, 0.2) is 78.9 Å². The van der Waals surface area contributed by atoms with E-state index in [0.29, 0.717) is 17.0 Å². The van der Waals surface area contributed by atoms with E-state index in [4.69, 9.17) is 9.47 Å². The second-order valence-electron chi connectivity index (χ2n) is 6.51. The average molecular weight is 403 g/mol. The minimum Gasteiger partial charge on any atom is -0.497 e. The number of nitrogens with one attached hydrogen (secondary N) is 1. The summed E-state index contributed by atoms with van der Waals surface area (Å²) in [6.07, 6.45) is -1.06. The Kier molecular flexibility index (Phi) is 6.60. The maximum absolute atomic E-state index is 12.8. The number of ketones is 1. The van der Waals surface area contributed by atoms with Gasteiger partial charge in [-0.3, -0.25) is 9.59 Å². The van der Waals surface area contributed by atoms with Gasteiger partial charge in [-0.25, -0.2) is 4.79 Å². The third kappa shape index (κ3) is 4.91. The lowest BCUT2D eigenvalue weighted by Crippen LogP contribution is -2.30. The Morgan fingerprint density at radius 1 is 0.800 bits per heavy atom. The van der Waals surface area contributed by atoms with Gasteiger partial charge in [0.05, 0.1) is 12.7 Å². The summed E-state index contributed by atoms with van der Waals surface area (Å²) in [6, 6.07) is 21.8. The number of hydrogen-bond acceptors (Lipinski definition) is 5. The second-order valence-corrected chi connectivity index (χ2v) is 6.51. The van der Waals surface area contributed by atoms with Crippen molar-refractivity contribution in [2.75, 3.05) is 12.4 Å². The van der Waals surface area contributed by atoms with E-state index in [1.54, 1.807) is 79.9 Å². The Morgan fingerprint density at radius 2 is 1.40 bits per heavy atom. The van der Waals surface area contributed by atoms with Crippen LogP contribution in [0, 0.1) is 0 Å². The Labute approximate surface area is 174 Å². The fourth-order valence-corrected chi connectivity index (χ4v) is 2.80. The molecule has 152 valence electrons. The van der Waals surface area contributed by atoms with Gasteiger partial charge in [-0.05, 0) is 37.3 Å². The lowest BCUT2D eigenvalue weighted by Gasteiger charge is -2.15. The predicted octanol–water partition coefficient (Wildman–Crippen LogP) is 4.11. The minimum absolute atomic E-state index is 0.107. The molecule has 0 spiro atoms. The standard InChI is InChI=1S/C24H21NO5/c1-16(23(27)25-18-12-14-19(29-2)15-13-18)30-24(28)21-11-7-6-10-20(21)22(26)17-8-4-3-5-9-17/h3-16H,1-2H3,(H,25,27)/t16-/m1/s1. The maximum Gasteiger partial charge on any atom is 0.339 e. The maximum atomic E-state index is 12.8. The van der Waals surface area contributed by atoms with Crippen molar-refractivity contribution in [3.8, 4) is 5.75 Å². The number of ether oxygens (including phenoxy) is 2. The van der Waals surface area contributed by atoms with Gasteiger partial charge < -0.3 is 14.8 Å². The molecule has 6 nitrogen and oxygen atoms in total. The predicted molar refractivity (Wildman–Crippen MR) is 113 cm³/mol. The summed E-state index contributed by atoms with van der Waals surface area (Å²) in [5.41, 5.74) is 1.33. The summed E-state index contributed by atoms with van der Waals surface area (Å²) >= 11 is 0. The van der Waals surface area contributed by atoms with Gasteiger partial charge in [0.25, 0.3) is 5.91 Å². The lowest BCUT2D eigenvalue weighted by atomic mass is 9.98. The van der Waals surface area contributed by atoms with E-state index < -0.39 is 18.0 Å². The normalized spacial score (nSPS) is 11.3. The first-order chi connectivity index (χ1) is 14.5. The second kappa shape index (κ2) is 9.52. The number of amides is 1. The smallest absolute Gasteiger partial charge is 0.339 e. The molecular formula is C24H21NO5. The van der Waals surface area contributed by atoms with Crippen LogP contribution in [-0.2, 0) is 9.53 Å². The van der Waals surface area contributed by atoms with Crippen LogP contribution in [0.3, 0.4) is 0 Å². The van der Waals surface area contributed by atoms with Crippen LogP contribution in [0.4, 0.5) is 5.69 Å². The van der Waals surface area contributed by atoms with E-state index in [1.807, 2.05) is 0 Å². The van der Waals surface area contributed by atoms with Crippen LogP contribution in [0.25, 0.3) is 0 Å². The number of carbonyl (C=O) groups excluding carboxylic acids is 3. The molecule has 0 aliphatic rings. The summed E-state index contributed by atoms with van der Waals surface area (Å²) in [5.74, 6) is -0.863. The number of benzene rings is 3. The lowest BCUT2D eigenvalue weighted by molar-refractivity contribution is -0.123. The van der Waals surface area contributed by atoms with Gasteiger partial charge in [-0.2, -0.15) is 0 Å². The van der Waals surface area contributed by atoms with Crippen LogP contribution in [-0.4, -0.2) is 30.9 Å². The van der Waals surface area contributed by atoms with E-state index in [9.17, 15) is 14.4 Å². The zero-order valence-corrected chi connectivity index (χ0v) is 16.6. The molecule has 6 heteroatoms. The molecule has 0 bridgehead atoms. The Bertz CT molecular complexity index is 1040. The molecule has 1 N–H and O–H groups in total. The Hall–Kier alpha value is -3.93. The summed E-state index contributed by atoms with van der Waals surface area (Å²) in [6.45, 7) is 1.47. The fourth-order valence-electron chi connectivity index (χ4n) is 2.80. The molecule has 0 unspecified atom stereocenters. The fraction of sp³-hybridized carbons (Fsp3) is 0.125. The molecule has 0 aromatic heterocycles. The van der Waals surface area contributed by atoms with E-state index in [0.717, 1.165) is 0 Å². The van der Waals surface area contributed by atoms with Gasteiger partial charge >= 0.3 is 5.97 Å². The molecule has 0 saturated heterocycles. The van der Waals surface area contributed by atoms with Crippen LogP contribution in [0.5, 0.6) is 5.75 Å². The molecule has 0 radical (unpaired) electrons. The molecule has 3 rings (SSSR count). The highest BCUT2D eigenvalue weighted by molar-refractivity contribution is 6.14. The van der Waals surface area contributed by atoms with Crippen molar-refractivity contribution in [3.63, 3.8) is 0 Å². The van der Waals surface area contributed by atoms with Gasteiger partial charge in [0, 0.05) is 16.8 Å². The molecule has 3 aromatic carbocycles. The zero-order chi connectivity index (χ0) is 21.5. The molecule has 3 aromatic rings. The molecule has 0 aliphatic heterocycles. The van der Waals surface area contributed by atoms with Crippen molar-refractivity contribution in [1.82, 2.24) is 0 Å². The molecule has 1 amide bonds. The number of methoxy groups -OCH3 is 1. The van der Waals surface area contributed by atoms with E-state index >= 15 is 0 Å². The van der Waals surface area contributed by atoms with Gasteiger partial charge in [-0.1, -0.05) is 48.5 Å². The SMILES string of the molecule is COc1ccc(NC(=O)[C@@H](C)OC(=O)c2ccccc2C(=O)c2ccccc2)cc1. The molecule has 30 heavy (non-hydrogen) atoms. The number of carbonyl (C=O) groups is 3. The molecule has 1 atom stereocenters. The van der Waals surface area contributed by atoms with E-state index in [2.05, 4.69) is 5.32 Å². The number of anilines is 1. The monoisotopic (exact) mass is 403 g/mol. The number of esters is 1. The first-order valence-corrected chi connectivity index (χ1v) is 9.34. The van der Waals surface area contributed by atoms with Crippen LogP contribution >= 0.6 is 0 Å². The third-order valence-corrected chi connectivity index (χ3v) is 4.44. The third-order valence-electron chi connectivity index (χ3n) is 4.44. The summed E-state index contributed by atoms with van der Waals surface area (Å²) in [4.78, 5) is 37.9. The zero-order valence-electron chi connectivity index (χ0n) is 16.6. The average Bonchev–Trinajstić information content (AvgIpc) is 2.79. The molecule has 0 fully saturated rings. The van der Waals surface area contributed by atoms with Crippen LogP contribution in [0.2, 0.25) is 0 Å². The van der Waals surface area contributed by atoms with Gasteiger partial charge in [0.1, 0.15) is 5.75 Å². The highest BCUT2D eigenvalue weighted by Gasteiger charge is 2.23. The van der Waals surface area contributed by atoms with Crippen LogP contribution in [0.1, 0.15) is 33.2 Å². The number of hydrogen-bond donors (Lipinski definition) is 1. The Balaban J connectivity index is 1.71. The van der Waals surface area contributed by atoms with Crippen molar-refractivity contribution in [2.24, 2.45) is 0 Å². The number of rotatable bonds is 7. The molecular weight excluding hydrogens is 382 g/mol. The van der Waals surface area contributed by atoms with E-state index in [1.165, 1.54) is 13.0 Å². The van der Waals surface area contributed by atoms with Gasteiger partial charge in [0.15, 0.2) is 11.9 Å². The summed E-state index contributed by atoms with van der Waals surface area (Å²) < 4.78 is 10.4. The highest BCUT2D eigenvalue weighted by Crippen LogP contribution is 2.18. The highest BCUT2D eigenvalue weighted by atomic mass is 16.5. The molecule has 0 saturated carbocycles. The summed E-state index contributed by atoms with van der Waals surface area (Å²) in [7, 11) is 1.55. The van der Waals surface area contributed by atoms with Gasteiger partial charge in [0.2, 0.25) is 0 Å².